The fraction of sp³-hybridized carbons (Fsp3) is 0.417. The number of carboxylic acid groups (broad SMARTS) is 1. The van der Waals surface area contributed by atoms with Crippen LogP contribution in [0, 0.1) is 17.5 Å². The third-order valence-corrected chi connectivity index (χ3v) is 4.94. The van der Waals surface area contributed by atoms with Gasteiger partial charge in [0.2, 0.25) is 10.0 Å². The smallest absolute Gasteiger partial charge is 0.407 e. The maximum absolute atomic E-state index is 13.6. The van der Waals surface area contributed by atoms with Gasteiger partial charge in [-0.3, -0.25) is 0 Å². The van der Waals surface area contributed by atoms with Crippen LogP contribution in [0.2, 0.25) is 0 Å². The van der Waals surface area contributed by atoms with Crippen LogP contribution in [-0.4, -0.2) is 43.1 Å². The molecule has 6 nitrogen and oxygen atoms in total. The molecule has 1 heterocycles. The molecule has 22 heavy (non-hydrogen) atoms. The lowest BCUT2D eigenvalue weighted by Crippen LogP contribution is -2.38. The van der Waals surface area contributed by atoms with E-state index in [1.54, 1.807) is 6.92 Å². The van der Waals surface area contributed by atoms with Crippen LogP contribution in [0.3, 0.4) is 0 Å². The molecular weight excluding hydrogens is 325 g/mol. The minimum absolute atomic E-state index is 0.110. The Morgan fingerprint density at radius 1 is 1.27 bits per heavy atom. The van der Waals surface area contributed by atoms with E-state index in [-0.39, 0.29) is 25.1 Å². The van der Waals surface area contributed by atoms with Crippen molar-refractivity contribution < 1.29 is 31.5 Å². The standard InChI is InChI=1S/C12H13F3N2O4S/c1-6-2-7(5-17(6)12(18)19)16-22(20,21)11-4-9(14)8(13)3-10(11)15/h3-4,6-7,16H,2,5H2,1H3,(H,18,19)/t6-,7+/m0/s1. The van der Waals surface area contributed by atoms with E-state index in [0.717, 1.165) is 4.90 Å². The van der Waals surface area contributed by atoms with Gasteiger partial charge in [-0.2, -0.15) is 0 Å². The van der Waals surface area contributed by atoms with Crippen molar-refractivity contribution in [3.8, 4) is 0 Å². The third kappa shape index (κ3) is 3.17. The quantitative estimate of drug-likeness (QED) is 0.818. The summed E-state index contributed by atoms with van der Waals surface area (Å²) >= 11 is 0. The number of rotatable bonds is 3. The molecule has 0 aromatic heterocycles. The van der Waals surface area contributed by atoms with E-state index in [0.29, 0.717) is 0 Å². The van der Waals surface area contributed by atoms with Crippen LogP contribution >= 0.6 is 0 Å². The second-order valence-corrected chi connectivity index (χ2v) is 6.72. The largest absolute Gasteiger partial charge is 0.465 e. The Bertz CT molecular complexity index is 711. The van der Waals surface area contributed by atoms with Crippen molar-refractivity contribution in [2.24, 2.45) is 0 Å². The molecule has 2 rings (SSSR count). The molecule has 0 aliphatic carbocycles. The minimum atomic E-state index is -4.44. The Hall–Kier alpha value is -1.81. The summed E-state index contributed by atoms with van der Waals surface area (Å²) in [6.07, 6.45) is -1.01. The summed E-state index contributed by atoms with van der Waals surface area (Å²) in [5, 5.41) is 8.93. The summed E-state index contributed by atoms with van der Waals surface area (Å²) in [6.45, 7) is 1.49. The summed E-state index contributed by atoms with van der Waals surface area (Å²) in [7, 11) is -4.44. The van der Waals surface area contributed by atoms with Crippen LogP contribution in [0.15, 0.2) is 17.0 Å². The number of benzene rings is 1. The average Bonchev–Trinajstić information content (AvgIpc) is 2.73. The zero-order valence-corrected chi connectivity index (χ0v) is 12.2. The van der Waals surface area contributed by atoms with E-state index in [4.69, 9.17) is 5.11 Å². The van der Waals surface area contributed by atoms with Gasteiger partial charge in [-0.1, -0.05) is 0 Å². The molecule has 0 unspecified atom stereocenters. The predicted molar refractivity (Wildman–Crippen MR) is 69.2 cm³/mol. The summed E-state index contributed by atoms with van der Waals surface area (Å²) in [5.41, 5.74) is 0. The van der Waals surface area contributed by atoms with E-state index >= 15 is 0 Å². The van der Waals surface area contributed by atoms with Crippen LogP contribution in [0.25, 0.3) is 0 Å². The lowest BCUT2D eigenvalue weighted by molar-refractivity contribution is 0.143. The second-order valence-electron chi connectivity index (χ2n) is 5.03. The molecule has 1 aliphatic heterocycles. The van der Waals surface area contributed by atoms with Gasteiger partial charge >= 0.3 is 6.09 Å². The summed E-state index contributed by atoms with van der Waals surface area (Å²) in [6, 6.07) is -0.797. The Kier molecular flexibility index (Phi) is 4.34. The highest BCUT2D eigenvalue weighted by molar-refractivity contribution is 7.89. The minimum Gasteiger partial charge on any atom is -0.465 e. The number of sulfonamides is 1. The molecule has 1 aromatic rings. The fourth-order valence-corrected chi connectivity index (χ4v) is 3.69. The van der Waals surface area contributed by atoms with Crippen molar-refractivity contribution in [3.05, 3.63) is 29.6 Å². The Labute approximate surface area is 124 Å². The fourth-order valence-electron chi connectivity index (χ4n) is 2.38. The van der Waals surface area contributed by atoms with Crippen molar-refractivity contribution in [1.82, 2.24) is 9.62 Å². The summed E-state index contributed by atoms with van der Waals surface area (Å²) < 4.78 is 65.7. The molecular formula is C12H13F3N2O4S. The molecule has 0 radical (unpaired) electrons. The molecule has 10 heteroatoms. The number of nitrogens with one attached hydrogen (secondary N) is 1. The molecule has 1 amide bonds. The van der Waals surface area contributed by atoms with Crippen molar-refractivity contribution in [1.29, 1.82) is 0 Å². The lowest BCUT2D eigenvalue weighted by atomic mass is 10.2. The van der Waals surface area contributed by atoms with Crippen molar-refractivity contribution in [3.63, 3.8) is 0 Å². The molecule has 2 atom stereocenters. The van der Waals surface area contributed by atoms with Gasteiger partial charge in [0.25, 0.3) is 0 Å². The highest BCUT2D eigenvalue weighted by Gasteiger charge is 2.35. The monoisotopic (exact) mass is 338 g/mol. The predicted octanol–water partition coefficient (Wildman–Crippen LogP) is 1.52. The summed E-state index contributed by atoms with van der Waals surface area (Å²) in [4.78, 5) is 10.9. The zero-order chi connectivity index (χ0) is 16.7. The number of halogens is 3. The highest BCUT2D eigenvalue weighted by Crippen LogP contribution is 2.22. The number of hydrogen-bond acceptors (Lipinski definition) is 3. The van der Waals surface area contributed by atoms with Crippen LogP contribution in [0.5, 0.6) is 0 Å². The number of likely N-dealkylation sites (tertiary alicyclic amines) is 1. The average molecular weight is 338 g/mol. The lowest BCUT2D eigenvalue weighted by Gasteiger charge is -2.16. The van der Waals surface area contributed by atoms with Gasteiger partial charge in [0.05, 0.1) is 0 Å². The summed E-state index contributed by atoms with van der Waals surface area (Å²) in [5.74, 6) is -4.41. The van der Waals surface area contributed by atoms with Crippen molar-refractivity contribution in [2.75, 3.05) is 6.54 Å². The third-order valence-electron chi connectivity index (χ3n) is 3.41. The first kappa shape index (κ1) is 16.6. The van der Waals surface area contributed by atoms with Gasteiger partial charge in [-0.25, -0.2) is 31.1 Å². The van der Waals surface area contributed by atoms with E-state index < -0.39 is 50.5 Å². The van der Waals surface area contributed by atoms with Gasteiger partial charge < -0.3 is 10.0 Å². The van der Waals surface area contributed by atoms with E-state index in [9.17, 15) is 26.4 Å². The van der Waals surface area contributed by atoms with E-state index in [2.05, 4.69) is 4.72 Å². The van der Waals surface area contributed by atoms with Gasteiger partial charge in [0.15, 0.2) is 11.6 Å². The molecule has 0 spiro atoms. The Balaban J connectivity index is 2.23. The maximum Gasteiger partial charge on any atom is 0.407 e. The highest BCUT2D eigenvalue weighted by atomic mass is 32.2. The van der Waals surface area contributed by atoms with Crippen molar-refractivity contribution in [2.45, 2.75) is 30.3 Å². The molecule has 2 N–H and O–H groups in total. The molecule has 0 saturated carbocycles. The molecule has 122 valence electrons. The first-order chi connectivity index (χ1) is 10.1. The SMILES string of the molecule is C[C@H]1C[C@@H](NS(=O)(=O)c2cc(F)c(F)cc2F)CN1C(=O)O. The number of amides is 1. The number of nitrogens with zero attached hydrogens (tertiary/aromatic N) is 1. The normalized spacial score (nSPS) is 22.1. The zero-order valence-electron chi connectivity index (χ0n) is 11.4. The number of carbonyl (C=O) groups is 1. The first-order valence-corrected chi connectivity index (χ1v) is 7.76. The van der Waals surface area contributed by atoms with Crippen molar-refractivity contribution >= 4 is 16.1 Å². The van der Waals surface area contributed by atoms with Gasteiger partial charge in [-0.05, 0) is 19.4 Å². The molecule has 1 aliphatic rings. The second kappa shape index (κ2) is 5.76. The molecule has 1 saturated heterocycles. The van der Waals surface area contributed by atoms with Gasteiger partial charge in [0.1, 0.15) is 10.7 Å². The van der Waals surface area contributed by atoms with E-state index in [1.807, 2.05) is 0 Å². The maximum atomic E-state index is 13.6. The van der Waals surface area contributed by atoms with Gasteiger partial charge in [-0.15, -0.1) is 0 Å². The van der Waals surface area contributed by atoms with Crippen LogP contribution in [-0.2, 0) is 10.0 Å². The first-order valence-electron chi connectivity index (χ1n) is 6.28. The Morgan fingerprint density at radius 2 is 1.86 bits per heavy atom. The molecule has 1 fully saturated rings. The number of hydrogen-bond donors (Lipinski definition) is 2. The van der Waals surface area contributed by atoms with Gasteiger partial charge in [0, 0.05) is 24.7 Å². The van der Waals surface area contributed by atoms with Crippen LogP contribution < -0.4 is 4.72 Å². The van der Waals surface area contributed by atoms with E-state index in [1.165, 1.54) is 0 Å². The van der Waals surface area contributed by atoms with Crippen LogP contribution in [0.1, 0.15) is 13.3 Å². The topological polar surface area (TPSA) is 86.7 Å². The molecule has 1 aromatic carbocycles. The molecule has 0 bridgehead atoms. The van der Waals surface area contributed by atoms with Crippen LogP contribution in [0.4, 0.5) is 18.0 Å². The Morgan fingerprint density at radius 3 is 2.41 bits per heavy atom.